The number of aromatic nitrogens is 8. The Morgan fingerprint density at radius 1 is 0.235 bits per heavy atom. The first-order valence-corrected chi connectivity index (χ1v) is 22.6. The molecular weight excluding hydrogens is 833 g/mol. The van der Waals surface area contributed by atoms with Crippen molar-refractivity contribution in [3.8, 4) is 79.7 Å². The topological polar surface area (TPSA) is 87.2 Å². The number of para-hydroxylation sites is 2. The first kappa shape index (κ1) is 39.0. The number of nitrogens with zero attached hydrogens (tertiary/aromatic N) is 8. The summed E-state index contributed by atoms with van der Waals surface area (Å²) in [6.45, 7) is 0. The fourth-order valence-electron chi connectivity index (χ4n) is 9.45. The highest BCUT2D eigenvalue weighted by atomic mass is 15.2. The molecule has 68 heavy (non-hydrogen) atoms. The Balaban J connectivity index is 1.05. The highest BCUT2D eigenvalue weighted by Crippen LogP contribution is 2.42. The Kier molecular flexibility index (Phi) is 9.31. The lowest BCUT2D eigenvalue weighted by atomic mass is 10.0. The van der Waals surface area contributed by atoms with Gasteiger partial charge in [0.15, 0.2) is 29.1 Å². The molecule has 0 bridgehead atoms. The van der Waals surface area contributed by atoms with Gasteiger partial charge in [-0.3, -0.25) is 4.57 Å². The minimum Gasteiger partial charge on any atom is -0.307 e. The van der Waals surface area contributed by atoms with Gasteiger partial charge in [-0.1, -0.05) is 206 Å². The molecular formula is C60H38N8. The minimum atomic E-state index is 0.532. The molecule has 0 radical (unpaired) electrons. The number of rotatable bonds is 8. The van der Waals surface area contributed by atoms with Crippen LogP contribution in [0.25, 0.3) is 123 Å². The molecule has 0 aliphatic rings. The van der Waals surface area contributed by atoms with Crippen molar-refractivity contribution in [1.29, 1.82) is 0 Å². The molecule has 0 spiro atoms. The van der Waals surface area contributed by atoms with Gasteiger partial charge >= 0.3 is 0 Å². The summed E-state index contributed by atoms with van der Waals surface area (Å²) in [6.07, 6.45) is 0. The maximum Gasteiger partial charge on any atom is 0.238 e. The van der Waals surface area contributed by atoms with Crippen LogP contribution in [-0.4, -0.2) is 39.0 Å². The van der Waals surface area contributed by atoms with Crippen molar-refractivity contribution in [3.63, 3.8) is 0 Å². The second-order valence-corrected chi connectivity index (χ2v) is 16.7. The van der Waals surface area contributed by atoms with E-state index in [4.69, 9.17) is 29.9 Å². The Labute approximate surface area is 391 Å². The molecule has 0 N–H and O–H groups in total. The molecule has 0 amide bonds. The van der Waals surface area contributed by atoms with E-state index < -0.39 is 0 Å². The Hall–Kier alpha value is -9.40. The van der Waals surface area contributed by atoms with Crippen LogP contribution in [-0.2, 0) is 0 Å². The van der Waals surface area contributed by atoms with Gasteiger partial charge < -0.3 is 4.57 Å². The monoisotopic (exact) mass is 870 g/mol. The second kappa shape index (κ2) is 16.2. The zero-order valence-electron chi connectivity index (χ0n) is 36.5. The van der Waals surface area contributed by atoms with Crippen LogP contribution in [0.3, 0.4) is 0 Å². The van der Waals surface area contributed by atoms with Crippen molar-refractivity contribution in [2.75, 3.05) is 0 Å². The quantitative estimate of drug-likeness (QED) is 0.151. The molecule has 0 aliphatic heterocycles. The average Bonchev–Trinajstić information content (AvgIpc) is 3.95. The van der Waals surface area contributed by atoms with Crippen LogP contribution in [0.4, 0.5) is 0 Å². The Bertz CT molecular complexity index is 3940. The van der Waals surface area contributed by atoms with E-state index in [1.165, 1.54) is 0 Å². The maximum absolute atomic E-state index is 5.28. The molecule has 0 saturated carbocycles. The summed E-state index contributed by atoms with van der Waals surface area (Å²) in [7, 11) is 0. The zero-order chi connectivity index (χ0) is 45.0. The molecule has 9 aromatic carbocycles. The van der Waals surface area contributed by atoms with Crippen LogP contribution in [0.1, 0.15) is 0 Å². The number of fused-ring (bicyclic) bond motifs is 7. The van der Waals surface area contributed by atoms with Gasteiger partial charge in [0, 0.05) is 55.0 Å². The standard InChI is InChI=1S/C60H38N8/c1-5-18-39(19-6-1)40-32-34-44(35-33-40)56-61-55(41-20-7-2-8-21-41)62-59(63-56)45-26-17-27-46(38-45)67-51-30-15-13-28-47(51)49-36-37-50-48-29-14-16-31-52(48)68(54(50)53(49)67)60-65-57(42-22-9-3-10-23-42)64-58(66-60)43-24-11-4-12-25-43/h1-38H. The average molecular weight is 871 g/mol. The summed E-state index contributed by atoms with van der Waals surface area (Å²) in [6, 6.07) is 79.3. The third kappa shape index (κ3) is 6.70. The van der Waals surface area contributed by atoms with E-state index in [1.807, 2.05) is 97.1 Å². The smallest absolute Gasteiger partial charge is 0.238 e. The van der Waals surface area contributed by atoms with Gasteiger partial charge in [0.05, 0.1) is 22.1 Å². The number of benzene rings is 9. The summed E-state index contributed by atoms with van der Waals surface area (Å²) in [5.41, 5.74) is 11.8. The first-order chi connectivity index (χ1) is 33.7. The van der Waals surface area contributed by atoms with Crippen molar-refractivity contribution >= 4 is 43.6 Å². The predicted octanol–water partition coefficient (Wildman–Crippen LogP) is 14.3. The van der Waals surface area contributed by atoms with E-state index in [1.54, 1.807) is 0 Å². The van der Waals surface area contributed by atoms with Crippen LogP contribution < -0.4 is 0 Å². The normalized spacial score (nSPS) is 11.5. The first-order valence-electron chi connectivity index (χ1n) is 22.6. The molecule has 0 atom stereocenters. The van der Waals surface area contributed by atoms with Gasteiger partial charge in [0.1, 0.15) is 0 Å². The maximum atomic E-state index is 5.28. The summed E-state index contributed by atoms with van der Waals surface area (Å²) in [5.74, 6) is 3.51. The van der Waals surface area contributed by atoms with Gasteiger partial charge in [-0.05, 0) is 35.4 Å². The molecule has 4 heterocycles. The Morgan fingerprint density at radius 2 is 0.588 bits per heavy atom. The van der Waals surface area contributed by atoms with E-state index in [0.717, 1.165) is 88.2 Å². The summed E-state index contributed by atoms with van der Waals surface area (Å²) >= 11 is 0. The molecule has 318 valence electrons. The molecule has 0 fully saturated rings. The SMILES string of the molecule is c1ccc(-c2ccc(-c3nc(-c4ccccc4)nc(-c4cccc(-n5c6ccccc6c6ccc7c8ccccc8n(-c8nc(-c9ccccc9)nc(-c9ccccc9)n8)c7c65)c4)n3)cc2)cc1. The summed E-state index contributed by atoms with van der Waals surface area (Å²) in [5, 5.41) is 4.42. The van der Waals surface area contributed by atoms with E-state index in [0.29, 0.717) is 35.1 Å². The van der Waals surface area contributed by atoms with Crippen molar-refractivity contribution in [2.24, 2.45) is 0 Å². The van der Waals surface area contributed by atoms with E-state index in [9.17, 15) is 0 Å². The van der Waals surface area contributed by atoms with E-state index in [2.05, 4.69) is 143 Å². The predicted molar refractivity (Wildman–Crippen MR) is 275 cm³/mol. The van der Waals surface area contributed by atoms with Gasteiger partial charge in [-0.25, -0.2) is 19.9 Å². The fraction of sp³-hybridized carbons (Fsp3) is 0. The Morgan fingerprint density at radius 3 is 1.10 bits per heavy atom. The molecule has 0 aliphatic carbocycles. The second-order valence-electron chi connectivity index (χ2n) is 16.7. The summed E-state index contributed by atoms with van der Waals surface area (Å²) in [4.78, 5) is 31.0. The lowest BCUT2D eigenvalue weighted by Crippen LogP contribution is -2.07. The number of hydrogen-bond donors (Lipinski definition) is 0. The lowest BCUT2D eigenvalue weighted by Gasteiger charge is -2.14. The van der Waals surface area contributed by atoms with Crippen molar-refractivity contribution < 1.29 is 0 Å². The van der Waals surface area contributed by atoms with Gasteiger partial charge in [0.2, 0.25) is 5.95 Å². The molecule has 13 rings (SSSR count). The van der Waals surface area contributed by atoms with E-state index in [-0.39, 0.29) is 0 Å². The lowest BCUT2D eigenvalue weighted by molar-refractivity contribution is 0.953. The highest BCUT2D eigenvalue weighted by Gasteiger charge is 2.24. The van der Waals surface area contributed by atoms with Crippen molar-refractivity contribution in [1.82, 2.24) is 39.0 Å². The van der Waals surface area contributed by atoms with Crippen LogP contribution in [0, 0.1) is 0 Å². The van der Waals surface area contributed by atoms with Crippen LogP contribution >= 0.6 is 0 Å². The minimum absolute atomic E-state index is 0.532. The largest absolute Gasteiger partial charge is 0.307 e. The van der Waals surface area contributed by atoms with Crippen molar-refractivity contribution in [2.45, 2.75) is 0 Å². The van der Waals surface area contributed by atoms with Crippen molar-refractivity contribution in [3.05, 3.63) is 231 Å². The molecule has 8 heteroatoms. The highest BCUT2D eigenvalue weighted by molar-refractivity contribution is 6.23. The fourth-order valence-corrected chi connectivity index (χ4v) is 9.45. The molecule has 4 aromatic heterocycles. The number of hydrogen-bond acceptors (Lipinski definition) is 6. The molecule has 13 aromatic rings. The molecule has 8 nitrogen and oxygen atoms in total. The van der Waals surface area contributed by atoms with E-state index >= 15 is 0 Å². The third-order valence-corrected chi connectivity index (χ3v) is 12.6. The van der Waals surface area contributed by atoms with Gasteiger partial charge in [-0.2, -0.15) is 9.97 Å². The van der Waals surface area contributed by atoms with Gasteiger partial charge in [-0.15, -0.1) is 0 Å². The molecule has 0 unspecified atom stereocenters. The van der Waals surface area contributed by atoms with Gasteiger partial charge in [0.25, 0.3) is 0 Å². The zero-order valence-corrected chi connectivity index (χ0v) is 36.5. The van der Waals surface area contributed by atoms with Crippen LogP contribution in [0.15, 0.2) is 231 Å². The van der Waals surface area contributed by atoms with Crippen LogP contribution in [0.2, 0.25) is 0 Å². The summed E-state index contributed by atoms with van der Waals surface area (Å²) < 4.78 is 4.59. The third-order valence-electron chi connectivity index (χ3n) is 12.6. The van der Waals surface area contributed by atoms with Crippen LogP contribution in [0.5, 0.6) is 0 Å². The molecule has 0 saturated heterocycles.